The Balaban J connectivity index is 0.00000312. The average Bonchev–Trinajstić information content (AvgIpc) is 3.11. The molecule has 0 radical (unpaired) electrons. The summed E-state index contributed by atoms with van der Waals surface area (Å²) in [5.74, 6) is 1.14. The average molecular weight is 477 g/mol. The first-order valence-corrected chi connectivity index (χ1v) is 8.04. The predicted octanol–water partition coefficient (Wildman–Crippen LogP) is 2.57. The number of nitrogens with one attached hydrogen (secondary N) is 3. The standard InChI is InChI=1S/C17H21ClN4O2.HI/c1-19-17(20-9-8-13-5-2-3-7-15(13)18)22-12-16(23)21-11-14-6-4-10-24-14;/h2-7,10H,8-9,11-12H2,1H3,(H,21,23)(H2,19,20,22);1H. The summed E-state index contributed by atoms with van der Waals surface area (Å²) >= 11 is 6.12. The van der Waals surface area contributed by atoms with E-state index in [1.807, 2.05) is 30.3 Å². The van der Waals surface area contributed by atoms with E-state index in [1.165, 1.54) is 0 Å². The van der Waals surface area contributed by atoms with Crippen LogP contribution in [0.3, 0.4) is 0 Å². The number of amides is 1. The summed E-state index contributed by atoms with van der Waals surface area (Å²) in [5, 5.41) is 9.62. The normalized spacial score (nSPS) is 10.7. The van der Waals surface area contributed by atoms with Gasteiger partial charge in [-0.3, -0.25) is 9.79 Å². The van der Waals surface area contributed by atoms with Crippen molar-refractivity contribution in [2.45, 2.75) is 13.0 Å². The fourth-order valence-electron chi connectivity index (χ4n) is 2.06. The maximum absolute atomic E-state index is 11.8. The van der Waals surface area contributed by atoms with Gasteiger partial charge in [0.1, 0.15) is 5.76 Å². The van der Waals surface area contributed by atoms with E-state index in [-0.39, 0.29) is 36.4 Å². The fraction of sp³-hybridized carbons (Fsp3) is 0.294. The van der Waals surface area contributed by atoms with Crippen LogP contribution in [0.2, 0.25) is 5.02 Å². The van der Waals surface area contributed by atoms with Crippen LogP contribution in [0, 0.1) is 0 Å². The van der Waals surface area contributed by atoms with E-state index in [4.69, 9.17) is 16.0 Å². The highest BCUT2D eigenvalue weighted by atomic mass is 127. The van der Waals surface area contributed by atoms with Crippen LogP contribution in [0.15, 0.2) is 52.1 Å². The third-order valence-corrected chi connectivity index (χ3v) is 3.69. The Morgan fingerprint density at radius 2 is 1.96 bits per heavy atom. The van der Waals surface area contributed by atoms with Crippen molar-refractivity contribution in [2.24, 2.45) is 4.99 Å². The number of carbonyl (C=O) groups excluding carboxylic acids is 1. The van der Waals surface area contributed by atoms with Gasteiger partial charge < -0.3 is 20.4 Å². The van der Waals surface area contributed by atoms with E-state index in [9.17, 15) is 4.79 Å². The molecule has 0 unspecified atom stereocenters. The van der Waals surface area contributed by atoms with Crippen LogP contribution in [0.1, 0.15) is 11.3 Å². The monoisotopic (exact) mass is 476 g/mol. The van der Waals surface area contributed by atoms with E-state index in [2.05, 4.69) is 20.9 Å². The van der Waals surface area contributed by atoms with Crippen molar-refractivity contribution in [3.63, 3.8) is 0 Å². The van der Waals surface area contributed by atoms with Gasteiger partial charge >= 0.3 is 0 Å². The van der Waals surface area contributed by atoms with Gasteiger partial charge in [0.05, 0.1) is 19.4 Å². The van der Waals surface area contributed by atoms with Crippen LogP contribution in [0.5, 0.6) is 0 Å². The van der Waals surface area contributed by atoms with Crippen molar-refractivity contribution < 1.29 is 9.21 Å². The molecule has 8 heteroatoms. The molecule has 0 aliphatic rings. The number of hydrogen-bond donors (Lipinski definition) is 3. The Labute approximate surface area is 169 Å². The lowest BCUT2D eigenvalue weighted by atomic mass is 10.1. The van der Waals surface area contributed by atoms with Gasteiger partial charge in [0.15, 0.2) is 5.96 Å². The molecule has 136 valence electrons. The molecule has 6 nitrogen and oxygen atoms in total. The molecule has 3 N–H and O–H groups in total. The molecule has 0 atom stereocenters. The van der Waals surface area contributed by atoms with Gasteiger partial charge in [-0.2, -0.15) is 0 Å². The summed E-state index contributed by atoms with van der Waals surface area (Å²) in [4.78, 5) is 15.9. The molecular formula is C17H22ClIN4O2. The zero-order chi connectivity index (χ0) is 17.2. The molecule has 25 heavy (non-hydrogen) atoms. The van der Waals surface area contributed by atoms with Crippen LogP contribution in [0.4, 0.5) is 0 Å². The van der Waals surface area contributed by atoms with Crippen molar-refractivity contribution in [1.82, 2.24) is 16.0 Å². The van der Waals surface area contributed by atoms with Gasteiger partial charge in [-0.05, 0) is 30.2 Å². The summed E-state index contributed by atoms with van der Waals surface area (Å²) in [6.45, 7) is 1.16. The molecule has 0 bridgehead atoms. The first-order valence-electron chi connectivity index (χ1n) is 7.66. The van der Waals surface area contributed by atoms with Crippen LogP contribution in [-0.4, -0.2) is 32.0 Å². The second-order valence-electron chi connectivity index (χ2n) is 5.05. The van der Waals surface area contributed by atoms with E-state index >= 15 is 0 Å². The molecule has 0 spiro atoms. The number of furan rings is 1. The molecule has 0 aliphatic carbocycles. The van der Waals surface area contributed by atoms with Gasteiger partial charge in [0.2, 0.25) is 5.91 Å². The van der Waals surface area contributed by atoms with Crippen molar-refractivity contribution in [1.29, 1.82) is 0 Å². The summed E-state index contributed by atoms with van der Waals surface area (Å²) < 4.78 is 5.15. The first kappa shape index (κ1) is 21.3. The van der Waals surface area contributed by atoms with Gasteiger partial charge in [-0.25, -0.2) is 0 Å². The maximum Gasteiger partial charge on any atom is 0.239 e. The number of halogens is 2. The number of rotatable bonds is 7. The third kappa shape index (κ3) is 7.78. The minimum Gasteiger partial charge on any atom is -0.467 e. The second kappa shape index (κ2) is 11.8. The Hall–Kier alpha value is -1.74. The zero-order valence-corrected chi connectivity index (χ0v) is 17.0. The van der Waals surface area contributed by atoms with E-state index in [0.29, 0.717) is 24.8 Å². The largest absolute Gasteiger partial charge is 0.467 e. The number of benzene rings is 1. The van der Waals surface area contributed by atoms with Crippen LogP contribution in [-0.2, 0) is 17.8 Å². The lowest BCUT2D eigenvalue weighted by Crippen LogP contribution is -2.43. The van der Waals surface area contributed by atoms with Crippen LogP contribution in [0.25, 0.3) is 0 Å². The Bertz CT molecular complexity index is 677. The second-order valence-corrected chi connectivity index (χ2v) is 5.46. The first-order chi connectivity index (χ1) is 11.7. The van der Waals surface area contributed by atoms with Gasteiger partial charge in [0.25, 0.3) is 0 Å². The molecular weight excluding hydrogens is 455 g/mol. The molecule has 1 aromatic carbocycles. The summed E-state index contributed by atoms with van der Waals surface area (Å²) in [5.41, 5.74) is 1.07. The topological polar surface area (TPSA) is 78.7 Å². The maximum atomic E-state index is 11.8. The molecule has 1 aromatic heterocycles. The number of hydrogen-bond acceptors (Lipinski definition) is 3. The van der Waals surface area contributed by atoms with Gasteiger partial charge in [-0.15, -0.1) is 24.0 Å². The van der Waals surface area contributed by atoms with Crippen LogP contribution < -0.4 is 16.0 Å². The highest BCUT2D eigenvalue weighted by molar-refractivity contribution is 14.0. The predicted molar refractivity (Wildman–Crippen MR) is 110 cm³/mol. The molecule has 1 amide bonds. The van der Waals surface area contributed by atoms with Gasteiger partial charge in [-0.1, -0.05) is 29.8 Å². The smallest absolute Gasteiger partial charge is 0.239 e. The minimum absolute atomic E-state index is 0. The third-order valence-electron chi connectivity index (χ3n) is 3.32. The summed E-state index contributed by atoms with van der Waals surface area (Å²) in [7, 11) is 1.66. The molecule has 2 aromatic rings. The van der Waals surface area contributed by atoms with Crippen LogP contribution >= 0.6 is 35.6 Å². The Kier molecular flexibility index (Phi) is 10.0. The molecule has 0 saturated carbocycles. The molecule has 0 aliphatic heterocycles. The molecule has 0 fully saturated rings. The van der Waals surface area contributed by atoms with E-state index in [0.717, 1.165) is 17.0 Å². The number of carbonyl (C=O) groups is 1. The summed E-state index contributed by atoms with van der Waals surface area (Å²) in [6.07, 6.45) is 2.34. The van der Waals surface area contributed by atoms with E-state index < -0.39 is 0 Å². The lowest BCUT2D eigenvalue weighted by molar-refractivity contribution is -0.120. The Morgan fingerprint density at radius 3 is 2.64 bits per heavy atom. The highest BCUT2D eigenvalue weighted by Gasteiger charge is 2.05. The van der Waals surface area contributed by atoms with Crippen molar-refractivity contribution in [3.8, 4) is 0 Å². The molecule has 1 heterocycles. The van der Waals surface area contributed by atoms with Gasteiger partial charge in [0, 0.05) is 18.6 Å². The fourth-order valence-corrected chi connectivity index (χ4v) is 2.29. The lowest BCUT2D eigenvalue weighted by Gasteiger charge is -2.12. The summed E-state index contributed by atoms with van der Waals surface area (Å²) in [6, 6.07) is 11.3. The minimum atomic E-state index is -0.138. The van der Waals surface area contributed by atoms with Crippen molar-refractivity contribution in [2.75, 3.05) is 20.1 Å². The quantitative estimate of drug-likeness (QED) is 0.326. The molecule has 2 rings (SSSR count). The van der Waals surface area contributed by atoms with Crippen molar-refractivity contribution >= 4 is 47.4 Å². The Morgan fingerprint density at radius 1 is 1.16 bits per heavy atom. The SMILES string of the molecule is CN=C(NCCc1ccccc1Cl)NCC(=O)NCc1ccco1.I. The number of nitrogens with zero attached hydrogens (tertiary/aromatic N) is 1. The van der Waals surface area contributed by atoms with E-state index in [1.54, 1.807) is 19.4 Å². The zero-order valence-electron chi connectivity index (χ0n) is 13.9. The highest BCUT2D eigenvalue weighted by Crippen LogP contribution is 2.14. The molecule has 0 saturated heterocycles. The number of aliphatic imine (C=N–C) groups is 1. The van der Waals surface area contributed by atoms with Crippen molar-refractivity contribution in [3.05, 3.63) is 59.0 Å². The number of guanidine groups is 1.